The topological polar surface area (TPSA) is 87.7 Å². The Hall–Kier alpha value is -2.81. The highest BCUT2D eigenvalue weighted by Gasteiger charge is 2.34. The van der Waals surface area contributed by atoms with E-state index in [9.17, 15) is 18.8 Å². The van der Waals surface area contributed by atoms with Gasteiger partial charge in [0.1, 0.15) is 18.0 Å². The van der Waals surface area contributed by atoms with Gasteiger partial charge in [-0.1, -0.05) is 18.6 Å². The molecule has 0 bridgehead atoms. The summed E-state index contributed by atoms with van der Waals surface area (Å²) >= 11 is 5.32. The van der Waals surface area contributed by atoms with Gasteiger partial charge in [-0.2, -0.15) is 0 Å². The third-order valence-electron chi connectivity index (χ3n) is 5.33. The minimum atomic E-state index is -0.835. The first kappa shape index (κ1) is 22.9. The second kappa shape index (κ2) is 11.0. The van der Waals surface area contributed by atoms with Crippen LogP contribution in [0.15, 0.2) is 30.3 Å². The lowest BCUT2D eigenvalue weighted by Crippen LogP contribution is -2.60. The molecule has 1 atom stereocenters. The molecule has 0 aromatic heterocycles. The fraction of sp³-hybridized carbons (Fsp3) is 0.455. The molecule has 31 heavy (non-hydrogen) atoms. The Morgan fingerprint density at radius 3 is 2.65 bits per heavy atom. The maximum absolute atomic E-state index is 13.0. The third kappa shape index (κ3) is 6.85. The standard InChI is InChI=1S/C22H26FN3O4S/c23-16-9-6-15(7-10-16)8-11-19(27)25-22(31)26-13-12-24-21(29)18(26)14-20(28)30-17-4-2-1-3-5-17/h6-11,17-18H,1-5,12-14H2,(H,24,29)(H,25,27,31). The predicted molar refractivity (Wildman–Crippen MR) is 117 cm³/mol. The van der Waals surface area contributed by atoms with Gasteiger partial charge in [0.25, 0.3) is 0 Å². The lowest BCUT2D eigenvalue weighted by molar-refractivity contribution is -0.153. The highest BCUT2D eigenvalue weighted by molar-refractivity contribution is 7.80. The zero-order valence-electron chi connectivity index (χ0n) is 17.1. The molecule has 7 nitrogen and oxygen atoms in total. The molecule has 1 aliphatic carbocycles. The summed E-state index contributed by atoms with van der Waals surface area (Å²) in [5, 5.41) is 5.36. The van der Waals surface area contributed by atoms with Crippen molar-refractivity contribution in [2.75, 3.05) is 13.1 Å². The maximum Gasteiger partial charge on any atom is 0.308 e. The van der Waals surface area contributed by atoms with Gasteiger partial charge in [-0.3, -0.25) is 19.7 Å². The first-order chi connectivity index (χ1) is 14.9. The number of nitrogens with one attached hydrogen (secondary N) is 2. The fourth-order valence-electron chi connectivity index (χ4n) is 3.70. The SMILES string of the molecule is O=C(C=Cc1ccc(F)cc1)NC(=S)N1CCNC(=O)C1CC(=O)OC1CCCCC1. The first-order valence-electron chi connectivity index (χ1n) is 10.4. The van der Waals surface area contributed by atoms with Crippen LogP contribution in [0, 0.1) is 5.82 Å². The molecule has 166 valence electrons. The molecule has 1 aromatic carbocycles. The molecule has 1 aromatic rings. The normalized spacial score (nSPS) is 19.7. The number of hydrogen-bond donors (Lipinski definition) is 2. The van der Waals surface area contributed by atoms with Gasteiger partial charge in [0, 0.05) is 19.2 Å². The van der Waals surface area contributed by atoms with Crippen LogP contribution in [-0.2, 0) is 19.1 Å². The number of hydrogen-bond acceptors (Lipinski definition) is 5. The number of benzene rings is 1. The van der Waals surface area contributed by atoms with Crippen LogP contribution in [0.3, 0.4) is 0 Å². The number of piperazine rings is 1. The Kier molecular flexibility index (Phi) is 8.11. The van der Waals surface area contributed by atoms with E-state index < -0.39 is 17.9 Å². The zero-order chi connectivity index (χ0) is 22.2. The maximum atomic E-state index is 13.0. The van der Waals surface area contributed by atoms with Crippen molar-refractivity contribution in [3.05, 3.63) is 41.7 Å². The number of esters is 1. The Morgan fingerprint density at radius 1 is 1.23 bits per heavy atom. The van der Waals surface area contributed by atoms with Crippen molar-refractivity contribution in [2.24, 2.45) is 0 Å². The average Bonchev–Trinajstić information content (AvgIpc) is 2.75. The van der Waals surface area contributed by atoms with Crippen LogP contribution in [0.5, 0.6) is 0 Å². The second-order valence-corrected chi connectivity index (χ2v) is 8.02. The van der Waals surface area contributed by atoms with Gasteiger partial charge in [0.15, 0.2) is 5.11 Å². The quantitative estimate of drug-likeness (QED) is 0.409. The summed E-state index contributed by atoms with van der Waals surface area (Å²) in [4.78, 5) is 38.6. The van der Waals surface area contributed by atoms with Gasteiger partial charge in [-0.25, -0.2) is 4.39 Å². The van der Waals surface area contributed by atoms with Gasteiger partial charge in [-0.15, -0.1) is 0 Å². The lowest BCUT2D eigenvalue weighted by atomic mass is 9.98. The van der Waals surface area contributed by atoms with Gasteiger partial charge in [0.2, 0.25) is 11.8 Å². The molecular weight excluding hydrogens is 421 g/mol. The second-order valence-electron chi connectivity index (χ2n) is 7.63. The summed E-state index contributed by atoms with van der Waals surface area (Å²) < 4.78 is 18.5. The summed E-state index contributed by atoms with van der Waals surface area (Å²) in [7, 11) is 0. The van der Waals surface area contributed by atoms with Gasteiger partial charge in [0.05, 0.1) is 6.42 Å². The molecule has 0 radical (unpaired) electrons. The van der Waals surface area contributed by atoms with Crippen molar-refractivity contribution < 1.29 is 23.5 Å². The number of carbonyl (C=O) groups excluding carboxylic acids is 3. The molecular formula is C22H26FN3O4S. The monoisotopic (exact) mass is 447 g/mol. The molecule has 2 amide bonds. The zero-order valence-corrected chi connectivity index (χ0v) is 18.0. The van der Waals surface area contributed by atoms with E-state index in [0.717, 1.165) is 32.1 Å². The van der Waals surface area contributed by atoms with Crippen molar-refractivity contribution in [2.45, 2.75) is 50.7 Å². The van der Waals surface area contributed by atoms with Crippen LogP contribution >= 0.6 is 12.2 Å². The molecule has 1 unspecified atom stereocenters. The number of rotatable bonds is 5. The number of ether oxygens (including phenoxy) is 1. The van der Waals surface area contributed by atoms with Crippen molar-refractivity contribution in [3.63, 3.8) is 0 Å². The molecule has 2 aliphatic rings. The number of thiocarbonyl (C=S) groups is 1. The summed E-state index contributed by atoms with van der Waals surface area (Å²) in [6.07, 6.45) is 7.49. The van der Waals surface area contributed by atoms with E-state index in [1.807, 2.05) is 0 Å². The van der Waals surface area contributed by atoms with Crippen LogP contribution in [0.25, 0.3) is 6.08 Å². The van der Waals surface area contributed by atoms with Crippen LogP contribution in [0.2, 0.25) is 0 Å². The Balaban J connectivity index is 1.56. The molecule has 1 saturated carbocycles. The summed E-state index contributed by atoms with van der Waals surface area (Å²) in [6, 6.07) is 4.84. The van der Waals surface area contributed by atoms with E-state index in [4.69, 9.17) is 17.0 Å². The average molecular weight is 448 g/mol. The van der Waals surface area contributed by atoms with E-state index in [2.05, 4.69) is 10.6 Å². The van der Waals surface area contributed by atoms with E-state index in [0.29, 0.717) is 18.7 Å². The van der Waals surface area contributed by atoms with E-state index in [-0.39, 0.29) is 29.4 Å². The highest BCUT2D eigenvalue weighted by Crippen LogP contribution is 2.21. The molecule has 0 spiro atoms. The van der Waals surface area contributed by atoms with Crippen molar-refractivity contribution in [1.29, 1.82) is 0 Å². The number of carbonyl (C=O) groups is 3. The smallest absolute Gasteiger partial charge is 0.308 e. The lowest BCUT2D eigenvalue weighted by Gasteiger charge is -2.36. The molecule has 9 heteroatoms. The van der Waals surface area contributed by atoms with Crippen LogP contribution in [-0.4, -0.2) is 53.0 Å². The summed E-state index contributed by atoms with van der Waals surface area (Å²) in [6.45, 7) is 0.725. The third-order valence-corrected chi connectivity index (χ3v) is 5.67. The van der Waals surface area contributed by atoms with Crippen LogP contribution in [0.1, 0.15) is 44.1 Å². The van der Waals surface area contributed by atoms with E-state index >= 15 is 0 Å². The largest absolute Gasteiger partial charge is 0.462 e. The fourth-order valence-corrected chi connectivity index (χ4v) is 4.02. The minimum Gasteiger partial charge on any atom is -0.462 e. The molecule has 2 N–H and O–H groups in total. The van der Waals surface area contributed by atoms with E-state index in [1.165, 1.54) is 24.3 Å². The van der Waals surface area contributed by atoms with Gasteiger partial charge >= 0.3 is 5.97 Å². The Bertz CT molecular complexity index is 853. The van der Waals surface area contributed by atoms with Gasteiger partial charge < -0.3 is 15.0 Å². The van der Waals surface area contributed by atoms with Crippen molar-refractivity contribution in [1.82, 2.24) is 15.5 Å². The first-order valence-corrected chi connectivity index (χ1v) is 10.9. The van der Waals surface area contributed by atoms with Crippen molar-refractivity contribution in [3.8, 4) is 0 Å². The van der Waals surface area contributed by atoms with Crippen LogP contribution < -0.4 is 10.6 Å². The molecule has 2 fully saturated rings. The van der Waals surface area contributed by atoms with Crippen molar-refractivity contribution >= 4 is 41.2 Å². The minimum absolute atomic E-state index is 0.0686. The number of halogens is 1. The number of amides is 2. The molecule has 1 saturated heterocycles. The molecule has 3 rings (SSSR count). The predicted octanol–water partition coefficient (Wildman–Crippen LogP) is 2.31. The summed E-state index contributed by atoms with van der Waals surface area (Å²) in [5.74, 6) is -1.61. The Morgan fingerprint density at radius 2 is 1.94 bits per heavy atom. The highest BCUT2D eigenvalue weighted by atomic mass is 32.1. The molecule has 1 heterocycles. The Labute approximate surface area is 186 Å². The number of nitrogens with zero attached hydrogens (tertiary/aromatic N) is 1. The van der Waals surface area contributed by atoms with Crippen LogP contribution in [0.4, 0.5) is 4.39 Å². The van der Waals surface area contributed by atoms with E-state index in [1.54, 1.807) is 17.0 Å². The van der Waals surface area contributed by atoms with Gasteiger partial charge in [-0.05, 0) is 61.7 Å². The molecule has 1 aliphatic heterocycles. The summed E-state index contributed by atoms with van der Waals surface area (Å²) in [5.41, 5.74) is 0.656.